The van der Waals surface area contributed by atoms with E-state index in [1.165, 1.54) is 19.3 Å². The lowest BCUT2D eigenvalue weighted by atomic mass is 10.0. The number of nitrogens with one attached hydrogen (secondary N) is 2. The first-order valence-electron chi connectivity index (χ1n) is 7.15. The van der Waals surface area contributed by atoms with Crippen molar-refractivity contribution in [3.05, 3.63) is 24.3 Å². The molecule has 4 atom stereocenters. The van der Waals surface area contributed by atoms with Gasteiger partial charge in [-0.3, -0.25) is 0 Å². The monoisotopic (exact) mass is 257 g/mol. The number of hydrogen-bond donors (Lipinski definition) is 3. The van der Waals surface area contributed by atoms with E-state index in [4.69, 9.17) is 5.73 Å². The van der Waals surface area contributed by atoms with Crippen LogP contribution in [-0.2, 0) is 0 Å². The van der Waals surface area contributed by atoms with Crippen LogP contribution in [0.25, 0.3) is 0 Å². The Kier molecular flexibility index (Phi) is 2.28. The molecule has 3 aliphatic carbocycles. The average molecular weight is 257 g/mol. The topological polar surface area (TPSA) is 67.1 Å². The van der Waals surface area contributed by atoms with Crippen molar-refractivity contribution in [2.45, 2.75) is 25.3 Å². The van der Waals surface area contributed by atoms with Gasteiger partial charge in [-0.25, -0.2) is 4.79 Å². The van der Waals surface area contributed by atoms with E-state index in [1.54, 1.807) is 12.1 Å². The third kappa shape index (κ3) is 1.78. The van der Waals surface area contributed by atoms with E-state index < -0.39 is 0 Å². The Morgan fingerprint density at radius 3 is 2.37 bits per heavy atom. The molecule has 0 heterocycles. The fourth-order valence-corrected chi connectivity index (χ4v) is 4.40. The number of carbonyl (C=O) groups is 1. The lowest BCUT2D eigenvalue weighted by molar-refractivity contribution is 0.249. The minimum atomic E-state index is -0.0800. The van der Waals surface area contributed by atoms with Gasteiger partial charge >= 0.3 is 6.03 Å². The predicted molar refractivity (Wildman–Crippen MR) is 74.6 cm³/mol. The lowest BCUT2D eigenvalue weighted by Crippen LogP contribution is -2.33. The highest BCUT2D eigenvalue weighted by Crippen LogP contribution is 2.65. The molecular weight excluding hydrogens is 238 g/mol. The summed E-state index contributed by atoms with van der Waals surface area (Å²) in [4.78, 5) is 12.0. The summed E-state index contributed by atoms with van der Waals surface area (Å²) < 4.78 is 0. The molecule has 0 saturated heterocycles. The molecule has 3 aliphatic rings. The van der Waals surface area contributed by atoms with Gasteiger partial charge < -0.3 is 16.4 Å². The zero-order valence-corrected chi connectivity index (χ0v) is 10.8. The van der Waals surface area contributed by atoms with E-state index in [2.05, 4.69) is 10.6 Å². The first-order valence-corrected chi connectivity index (χ1v) is 7.15. The van der Waals surface area contributed by atoms with Gasteiger partial charge in [-0.1, -0.05) is 0 Å². The summed E-state index contributed by atoms with van der Waals surface area (Å²) in [5.74, 6) is 3.32. The maximum Gasteiger partial charge on any atom is 0.319 e. The maximum absolute atomic E-state index is 12.0. The fourth-order valence-electron chi connectivity index (χ4n) is 4.40. The van der Waals surface area contributed by atoms with Crippen molar-refractivity contribution in [1.29, 1.82) is 0 Å². The van der Waals surface area contributed by atoms with Crippen LogP contribution in [0.3, 0.4) is 0 Å². The van der Waals surface area contributed by atoms with Crippen molar-refractivity contribution < 1.29 is 4.79 Å². The minimum Gasteiger partial charge on any atom is -0.399 e. The summed E-state index contributed by atoms with van der Waals surface area (Å²) in [6.45, 7) is 0. The molecule has 1 aromatic carbocycles. The summed E-state index contributed by atoms with van der Waals surface area (Å²) in [5, 5.41) is 6.01. The maximum atomic E-state index is 12.0. The van der Waals surface area contributed by atoms with Crippen LogP contribution in [-0.4, -0.2) is 12.1 Å². The van der Waals surface area contributed by atoms with E-state index in [-0.39, 0.29) is 6.03 Å². The lowest BCUT2D eigenvalue weighted by Gasteiger charge is -2.11. The standard InChI is InChI=1S/C15H19N3O/c16-10-3-5-11(6-4-10)17-15(19)18-14-12-8-1-2-9(7-8)13(12)14/h3-6,8-9,12-14H,1-2,7,16H2,(H2,17,18,19). The molecular formula is C15H19N3O. The Labute approximate surface area is 112 Å². The number of rotatable bonds is 2. The number of hydrogen-bond acceptors (Lipinski definition) is 2. The van der Waals surface area contributed by atoms with Gasteiger partial charge in [-0.15, -0.1) is 0 Å². The second-order valence-corrected chi connectivity index (χ2v) is 6.23. The van der Waals surface area contributed by atoms with Crippen molar-refractivity contribution >= 4 is 17.4 Å². The molecule has 100 valence electrons. The van der Waals surface area contributed by atoms with Gasteiger partial charge in [0.2, 0.25) is 0 Å². The summed E-state index contributed by atoms with van der Waals surface area (Å²) in [6.07, 6.45) is 4.17. The Hall–Kier alpha value is -1.71. The van der Waals surface area contributed by atoms with Crippen LogP contribution in [0.5, 0.6) is 0 Å². The Balaban J connectivity index is 1.35. The molecule has 0 spiro atoms. The zero-order chi connectivity index (χ0) is 13.0. The Bertz CT molecular complexity index is 497. The smallest absolute Gasteiger partial charge is 0.319 e. The van der Waals surface area contributed by atoms with Crippen LogP contribution in [0, 0.1) is 23.7 Å². The molecule has 4 rings (SSSR count). The molecule has 4 heteroatoms. The van der Waals surface area contributed by atoms with Gasteiger partial charge in [0, 0.05) is 17.4 Å². The molecule has 19 heavy (non-hydrogen) atoms. The molecule has 2 amide bonds. The molecule has 4 unspecified atom stereocenters. The number of nitrogens with two attached hydrogens (primary N) is 1. The molecule has 4 N–H and O–H groups in total. The SMILES string of the molecule is Nc1ccc(NC(=O)NC2C3C4CCC(C4)C23)cc1. The molecule has 4 nitrogen and oxygen atoms in total. The van der Waals surface area contributed by atoms with Crippen molar-refractivity contribution in [2.24, 2.45) is 23.7 Å². The van der Waals surface area contributed by atoms with E-state index in [0.29, 0.717) is 11.7 Å². The summed E-state index contributed by atoms with van der Waals surface area (Å²) in [6, 6.07) is 7.59. The van der Waals surface area contributed by atoms with Gasteiger partial charge in [-0.05, 0) is 67.2 Å². The minimum absolute atomic E-state index is 0.0800. The Morgan fingerprint density at radius 2 is 1.74 bits per heavy atom. The van der Waals surface area contributed by atoms with Gasteiger partial charge in [0.1, 0.15) is 0 Å². The van der Waals surface area contributed by atoms with Crippen molar-refractivity contribution in [1.82, 2.24) is 5.32 Å². The first-order chi connectivity index (χ1) is 9.22. The molecule has 2 bridgehead atoms. The highest BCUT2D eigenvalue weighted by atomic mass is 16.2. The van der Waals surface area contributed by atoms with E-state index in [9.17, 15) is 4.79 Å². The number of benzene rings is 1. The van der Waals surface area contributed by atoms with E-state index >= 15 is 0 Å². The fraction of sp³-hybridized carbons (Fsp3) is 0.533. The highest BCUT2D eigenvalue weighted by molar-refractivity contribution is 5.89. The molecule has 0 aliphatic heterocycles. The molecule has 1 aromatic rings. The molecule has 3 saturated carbocycles. The number of nitrogen functional groups attached to an aromatic ring is 1. The number of fused-ring (bicyclic) bond motifs is 5. The number of anilines is 2. The number of amides is 2. The van der Waals surface area contributed by atoms with E-state index in [0.717, 1.165) is 29.4 Å². The third-order valence-electron chi connectivity index (χ3n) is 5.20. The summed E-state index contributed by atoms with van der Waals surface area (Å²) in [5.41, 5.74) is 7.12. The largest absolute Gasteiger partial charge is 0.399 e. The second-order valence-electron chi connectivity index (χ2n) is 6.23. The van der Waals surface area contributed by atoms with Gasteiger partial charge in [0.25, 0.3) is 0 Å². The number of carbonyl (C=O) groups excluding carboxylic acids is 1. The quantitative estimate of drug-likeness (QED) is 0.712. The summed E-state index contributed by atoms with van der Waals surface area (Å²) >= 11 is 0. The van der Waals surface area contributed by atoms with E-state index in [1.807, 2.05) is 12.1 Å². The van der Waals surface area contributed by atoms with Crippen molar-refractivity contribution in [3.8, 4) is 0 Å². The van der Waals surface area contributed by atoms with Crippen LogP contribution in [0.15, 0.2) is 24.3 Å². The average Bonchev–Trinajstić information content (AvgIpc) is 2.81. The van der Waals surface area contributed by atoms with Crippen LogP contribution >= 0.6 is 0 Å². The van der Waals surface area contributed by atoms with Crippen LogP contribution < -0.4 is 16.4 Å². The van der Waals surface area contributed by atoms with Gasteiger partial charge in [0.05, 0.1) is 0 Å². The first kappa shape index (κ1) is 11.1. The predicted octanol–water partition coefficient (Wildman–Crippen LogP) is 2.43. The Morgan fingerprint density at radius 1 is 1.11 bits per heavy atom. The van der Waals surface area contributed by atoms with Crippen LogP contribution in [0.1, 0.15) is 19.3 Å². The van der Waals surface area contributed by atoms with Gasteiger partial charge in [0.15, 0.2) is 0 Å². The highest BCUT2D eigenvalue weighted by Gasteiger charge is 2.65. The zero-order valence-electron chi connectivity index (χ0n) is 10.8. The number of urea groups is 1. The summed E-state index contributed by atoms with van der Waals surface area (Å²) in [7, 11) is 0. The normalized spacial score (nSPS) is 37.8. The van der Waals surface area contributed by atoms with Crippen LogP contribution in [0.2, 0.25) is 0 Å². The molecule has 0 radical (unpaired) electrons. The van der Waals surface area contributed by atoms with Crippen molar-refractivity contribution in [2.75, 3.05) is 11.1 Å². The third-order valence-corrected chi connectivity index (χ3v) is 5.20. The second kappa shape index (κ2) is 3.89. The molecule has 3 fully saturated rings. The van der Waals surface area contributed by atoms with Crippen LogP contribution in [0.4, 0.5) is 16.2 Å². The van der Waals surface area contributed by atoms with Crippen molar-refractivity contribution in [3.63, 3.8) is 0 Å². The molecule has 0 aromatic heterocycles. The van der Waals surface area contributed by atoms with Gasteiger partial charge in [-0.2, -0.15) is 0 Å².